The zero-order valence-electron chi connectivity index (χ0n) is 40.0. The Labute approximate surface area is 388 Å². The number of hydrogen-bond donors (Lipinski definition) is 12. The van der Waals surface area contributed by atoms with Gasteiger partial charge in [-0.25, -0.2) is 0 Å². The Kier molecular flexibility index (Phi) is 15.9. The van der Waals surface area contributed by atoms with Crippen molar-refractivity contribution in [3.05, 3.63) is 11.6 Å². The van der Waals surface area contributed by atoms with Gasteiger partial charge in [0.05, 0.1) is 38.1 Å². The van der Waals surface area contributed by atoms with Crippen molar-refractivity contribution in [2.45, 2.75) is 217 Å². The Morgan fingerprint density at radius 3 is 1.64 bits per heavy atom. The molecule has 3 saturated heterocycles. The number of aliphatic hydroxyl groups is 12. The zero-order valence-corrected chi connectivity index (χ0v) is 40.0. The lowest BCUT2D eigenvalue weighted by molar-refractivity contribution is -0.399. The summed E-state index contributed by atoms with van der Waals surface area (Å²) in [4.78, 5) is 0. The molecule has 4 aliphatic carbocycles. The van der Waals surface area contributed by atoms with Crippen molar-refractivity contribution in [3.8, 4) is 0 Å². The molecule has 382 valence electrons. The van der Waals surface area contributed by atoms with Crippen LogP contribution >= 0.6 is 0 Å². The summed E-state index contributed by atoms with van der Waals surface area (Å²) in [6, 6.07) is 0. The lowest BCUT2D eigenvalue weighted by Gasteiger charge is -2.68. The molecule has 12 N–H and O–H groups in total. The van der Waals surface area contributed by atoms with E-state index in [9.17, 15) is 61.3 Å². The van der Waals surface area contributed by atoms with Gasteiger partial charge in [-0.05, 0) is 116 Å². The van der Waals surface area contributed by atoms with E-state index in [0.717, 1.165) is 50.5 Å². The van der Waals surface area contributed by atoms with Gasteiger partial charge in [-0.3, -0.25) is 0 Å². The fourth-order valence-corrected chi connectivity index (χ4v) is 14.9. The summed E-state index contributed by atoms with van der Waals surface area (Å²) in [5.41, 5.74) is 0.414. The Bertz CT molecular complexity index is 1660. The molecule has 4 saturated carbocycles. The number of ether oxygens (including phenoxy) is 6. The SMILES string of the molecule is CC(C)=C[C@H](O)[C@H](O)[C@H](C)[C@@H]1CC[C@]2(C)[C@H]3CC[C@H]4C(C)(C)[C@@H](O[C@H]5O[C@@H](CO)[C@H](O)[C@@H](O[C@@H]6O[C@H](CO)[C@@H](O)[C@H](O)[C@@H]6O)[C@@H]5O[C@@H]5O[C@H](CO)[C@@H](O)[C@H](O)[C@@H]5O)CC[C@@]4(C)[C@@H]3CC[C@@]12C. The van der Waals surface area contributed by atoms with Crippen LogP contribution in [0.4, 0.5) is 0 Å². The van der Waals surface area contributed by atoms with Crippen molar-refractivity contribution < 1.29 is 89.7 Å². The standard InChI is InChI=1S/C48H82O18/c1-21(2)17-26(52)32(53)22(3)23-11-15-48(8)25-9-10-30-45(4,5)31(13-14-46(30,6)24(25)12-16-47(23,48)7)64-44-41(66-43-39(60)37(58)34(55)28(19-50)62-43)40(35(56)29(20-51)63-44)65-42-38(59)36(57)33(54)27(18-49)61-42/h17,22-44,49-60H,9-16,18-20H2,1-8H3/t22-,23+,24-,25+,26+,27-,28-,29+,30+,31+,32-,33-,34-,35+,36+,37+,38+,39+,40-,41+,42+,43+,44-,46+,47+,48-/m1/s1. The molecule has 66 heavy (non-hydrogen) atoms. The molecular formula is C48H82O18. The Hall–Kier alpha value is -0.980. The maximum absolute atomic E-state index is 11.7. The molecule has 0 unspecified atom stereocenters. The van der Waals surface area contributed by atoms with Crippen molar-refractivity contribution in [1.82, 2.24) is 0 Å². The average Bonchev–Trinajstić information content (AvgIpc) is 3.56. The maximum atomic E-state index is 11.7. The Morgan fingerprint density at radius 1 is 0.576 bits per heavy atom. The lowest BCUT2D eigenvalue weighted by Crippen LogP contribution is -2.68. The summed E-state index contributed by atoms with van der Waals surface area (Å²) < 4.78 is 37.0. The fraction of sp³-hybridized carbons (Fsp3) is 0.958. The predicted octanol–water partition coefficient (Wildman–Crippen LogP) is -0.171. The van der Waals surface area contributed by atoms with Crippen LogP contribution in [0, 0.1) is 51.2 Å². The van der Waals surface area contributed by atoms with Gasteiger partial charge in [0.2, 0.25) is 0 Å². The van der Waals surface area contributed by atoms with Gasteiger partial charge in [0.1, 0.15) is 73.2 Å². The first-order valence-corrected chi connectivity index (χ1v) is 24.4. The summed E-state index contributed by atoms with van der Waals surface area (Å²) >= 11 is 0. The molecule has 0 radical (unpaired) electrons. The van der Waals surface area contributed by atoms with Gasteiger partial charge in [-0.15, -0.1) is 0 Å². The minimum atomic E-state index is -1.90. The molecule has 0 bridgehead atoms. The smallest absolute Gasteiger partial charge is 0.187 e. The van der Waals surface area contributed by atoms with Crippen LogP contribution in [0.25, 0.3) is 0 Å². The molecule has 0 amide bonds. The molecular weight excluding hydrogens is 865 g/mol. The van der Waals surface area contributed by atoms with Crippen molar-refractivity contribution in [1.29, 1.82) is 0 Å². The topological polar surface area (TPSA) is 298 Å². The highest BCUT2D eigenvalue weighted by Gasteiger charge is 2.68. The minimum absolute atomic E-state index is 0.0192. The van der Waals surface area contributed by atoms with Crippen LogP contribution in [0.3, 0.4) is 0 Å². The number of fused-ring (bicyclic) bond motifs is 5. The second kappa shape index (κ2) is 19.9. The van der Waals surface area contributed by atoms with Crippen LogP contribution in [-0.2, 0) is 28.4 Å². The van der Waals surface area contributed by atoms with Crippen LogP contribution in [0.5, 0.6) is 0 Å². The normalized spacial score (nSPS) is 51.8. The number of aliphatic hydroxyl groups excluding tert-OH is 12. The van der Waals surface area contributed by atoms with Gasteiger partial charge < -0.3 is 89.7 Å². The van der Waals surface area contributed by atoms with Gasteiger partial charge in [0.25, 0.3) is 0 Å². The van der Waals surface area contributed by atoms with Gasteiger partial charge in [0.15, 0.2) is 18.9 Å². The second-order valence-electron chi connectivity index (χ2n) is 22.7. The Balaban J connectivity index is 1.15. The highest BCUT2D eigenvalue weighted by molar-refractivity contribution is 5.17. The monoisotopic (exact) mass is 947 g/mol. The van der Waals surface area contributed by atoms with E-state index in [4.69, 9.17) is 28.4 Å². The summed E-state index contributed by atoms with van der Waals surface area (Å²) in [6.07, 6.45) is -18.1. The fourth-order valence-electron chi connectivity index (χ4n) is 14.9. The van der Waals surface area contributed by atoms with Crippen LogP contribution in [-0.4, -0.2) is 192 Å². The first kappa shape index (κ1) is 52.8. The number of rotatable bonds is 13. The molecule has 7 rings (SSSR count). The third-order valence-electron chi connectivity index (χ3n) is 18.9. The van der Waals surface area contributed by atoms with Crippen LogP contribution in [0.15, 0.2) is 11.6 Å². The van der Waals surface area contributed by atoms with E-state index in [1.165, 1.54) is 0 Å². The van der Waals surface area contributed by atoms with Gasteiger partial charge in [0, 0.05) is 0 Å². The third kappa shape index (κ3) is 8.90. The van der Waals surface area contributed by atoms with Gasteiger partial charge in [-0.1, -0.05) is 53.2 Å². The maximum Gasteiger partial charge on any atom is 0.187 e. The minimum Gasteiger partial charge on any atom is -0.394 e. The predicted molar refractivity (Wildman–Crippen MR) is 234 cm³/mol. The highest BCUT2D eigenvalue weighted by atomic mass is 16.8. The van der Waals surface area contributed by atoms with Crippen molar-refractivity contribution in [2.24, 2.45) is 51.2 Å². The van der Waals surface area contributed by atoms with Gasteiger partial charge >= 0.3 is 0 Å². The summed E-state index contributed by atoms with van der Waals surface area (Å²) in [6.45, 7) is 15.4. The van der Waals surface area contributed by atoms with Crippen molar-refractivity contribution in [3.63, 3.8) is 0 Å². The molecule has 0 spiro atoms. The molecule has 18 nitrogen and oxygen atoms in total. The molecule has 7 aliphatic rings. The first-order valence-electron chi connectivity index (χ1n) is 24.4. The van der Waals surface area contributed by atoms with E-state index in [0.29, 0.717) is 18.3 Å². The summed E-state index contributed by atoms with van der Waals surface area (Å²) in [7, 11) is 0. The van der Waals surface area contributed by atoms with E-state index < -0.39 is 136 Å². The molecule has 7 fully saturated rings. The lowest BCUT2D eigenvalue weighted by atomic mass is 9.38. The Morgan fingerprint density at radius 2 is 1.09 bits per heavy atom. The van der Waals surface area contributed by atoms with E-state index in [1.54, 1.807) is 6.08 Å². The largest absolute Gasteiger partial charge is 0.394 e. The summed E-state index contributed by atoms with van der Waals surface area (Å²) in [5.74, 6) is 1.23. The molecule has 0 aromatic carbocycles. The zero-order chi connectivity index (χ0) is 48.6. The number of allylic oxidation sites excluding steroid dienone is 1. The van der Waals surface area contributed by atoms with Crippen molar-refractivity contribution in [2.75, 3.05) is 19.8 Å². The molecule has 26 atom stereocenters. The quantitative estimate of drug-likeness (QED) is 0.0843. The van der Waals surface area contributed by atoms with E-state index in [1.807, 2.05) is 13.8 Å². The molecule has 3 aliphatic heterocycles. The van der Waals surface area contributed by atoms with E-state index >= 15 is 0 Å². The second-order valence-corrected chi connectivity index (χ2v) is 22.7. The van der Waals surface area contributed by atoms with Gasteiger partial charge in [-0.2, -0.15) is 0 Å². The number of hydrogen-bond acceptors (Lipinski definition) is 18. The molecule has 0 aromatic rings. The molecule has 18 heteroatoms. The van der Waals surface area contributed by atoms with Crippen LogP contribution in [0.1, 0.15) is 107 Å². The molecule has 3 heterocycles. The highest BCUT2D eigenvalue weighted by Crippen LogP contribution is 2.75. The van der Waals surface area contributed by atoms with E-state index in [2.05, 4.69) is 41.5 Å². The van der Waals surface area contributed by atoms with Crippen LogP contribution < -0.4 is 0 Å². The molecule has 0 aromatic heterocycles. The third-order valence-corrected chi connectivity index (χ3v) is 18.9. The summed E-state index contributed by atoms with van der Waals surface area (Å²) in [5, 5.41) is 129. The average molecular weight is 947 g/mol. The van der Waals surface area contributed by atoms with Crippen LogP contribution in [0.2, 0.25) is 0 Å². The first-order chi connectivity index (χ1) is 30.9. The van der Waals surface area contributed by atoms with E-state index in [-0.39, 0.29) is 34.0 Å². The van der Waals surface area contributed by atoms with Crippen molar-refractivity contribution >= 4 is 0 Å².